The number of likely N-dealkylation sites (tertiary alicyclic amines) is 1. The van der Waals surface area contributed by atoms with Gasteiger partial charge < -0.3 is 14.5 Å². The van der Waals surface area contributed by atoms with Crippen molar-refractivity contribution < 1.29 is 22.8 Å². The van der Waals surface area contributed by atoms with Crippen LogP contribution in [0, 0.1) is 0 Å². The van der Waals surface area contributed by atoms with Crippen LogP contribution < -0.4 is 5.32 Å². The lowest BCUT2D eigenvalue weighted by Crippen LogP contribution is -2.31. The number of likely N-dealkylation sites (N-methyl/N-ethyl adjacent to an activating group) is 1. The highest BCUT2D eigenvalue weighted by Gasteiger charge is 2.37. The quantitative estimate of drug-likeness (QED) is 0.356. The summed E-state index contributed by atoms with van der Waals surface area (Å²) in [6, 6.07) is 6.82. The molecule has 2 aliphatic heterocycles. The molecule has 1 saturated carbocycles. The van der Waals surface area contributed by atoms with Gasteiger partial charge in [-0.15, -0.1) is 11.3 Å². The van der Waals surface area contributed by atoms with Crippen LogP contribution in [0.15, 0.2) is 40.5 Å². The van der Waals surface area contributed by atoms with Crippen LogP contribution in [-0.2, 0) is 30.8 Å². The fourth-order valence-corrected chi connectivity index (χ4v) is 7.02. The second-order valence-electron chi connectivity index (χ2n) is 10.0. The molecule has 1 aromatic heterocycles. The molecule has 200 valence electrons. The number of hydrogen-bond acceptors (Lipinski definition) is 10. The van der Waals surface area contributed by atoms with Gasteiger partial charge in [0, 0.05) is 48.7 Å². The van der Waals surface area contributed by atoms with Gasteiger partial charge in [0.1, 0.15) is 0 Å². The van der Waals surface area contributed by atoms with Crippen molar-refractivity contribution in [3.63, 3.8) is 0 Å². The molecule has 1 amide bonds. The van der Waals surface area contributed by atoms with E-state index in [1.54, 1.807) is 18.3 Å². The number of benzene rings is 1. The summed E-state index contributed by atoms with van der Waals surface area (Å²) >= 11 is 1.44. The van der Waals surface area contributed by atoms with E-state index < -0.39 is 15.7 Å². The van der Waals surface area contributed by atoms with Crippen molar-refractivity contribution in [3.8, 4) is 0 Å². The second kappa shape index (κ2) is 11.2. The van der Waals surface area contributed by atoms with Crippen LogP contribution in [0.5, 0.6) is 0 Å². The van der Waals surface area contributed by atoms with Crippen LogP contribution in [0.4, 0.5) is 5.13 Å². The van der Waals surface area contributed by atoms with Gasteiger partial charge in [-0.1, -0.05) is 17.3 Å². The van der Waals surface area contributed by atoms with Crippen LogP contribution in [-0.4, -0.2) is 92.6 Å². The van der Waals surface area contributed by atoms with Crippen molar-refractivity contribution in [2.45, 2.75) is 54.5 Å². The van der Waals surface area contributed by atoms with Gasteiger partial charge in [-0.25, -0.2) is 13.4 Å². The summed E-state index contributed by atoms with van der Waals surface area (Å²) in [5.74, 6) is -0.466. The minimum absolute atomic E-state index is 0.0624. The molecule has 1 N–H and O–H groups in total. The molecule has 37 heavy (non-hydrogen) atoms. The van der Waals surface area contributed by atoms with Gasteiger partial charge in [-0.2, -0.15) is 0 Å². The van der Waals surface area contributed by atoms with E-state index in [1.807, 2.05) is 0 Å². The van der Waals surface area contributed by atoms with Crippen molar-refractivity contribution in [2.24, 2.45) is 5.16 Å². The number of nitrogens with one attached hydrogen (secondary N) is 1. The first-order chi connectivity index (χ1) is 17.8. The molecule has 10 nitrogen and oxygen atoms in total. The third kappa shape index (κ3) is 6.37. The van der Waals surface area contributed by atoms with Gasteiger partial charge in [0.25, 0.3) is 5.91 Å². The summed E-state index contributed by atoms with van der Waals surface area (Å²) in [7, 11) is 0.894. The summed E-state index contributed by atoms with van der Waals surface area (Å²) in [5, 5.41) is 7.19. The Labute approximate surface area is 221 Å². The number of sulfone groups is 1. The second-order valence-corrected chi connectivity index (χ2v) is 13.4. The van der Waals surface area contributed by atoms with Crippen LogP contribution >= 0.6 is 11.3 Å². The molecule has 3 aliphatic rings. The molecule has 1 aliphatic carbocycles. The molecule has 12 heteroatoms. The van der Waals surface area contributed by atoms with E-state index in [-0.39, 0.29) is 22.0 Å². The molecule has 2 atom stereocenters. The van der Waals surface area contributed by atoms with E-state index in [2.05, 4.69) is 39.4 Å². The number of carbonyl (C=O) groups excluding carboxylic acids is 1. The molecule has 5 rings (SSSR count). The van der Waals surface area contributed by atoms with Gasteiger partial charge in [0.15, 0.2) is 26.8 Å². The molecule has 1 aromatic carbocycles. The predicted octanol–water partition coefficient (Wildman–Crippen LogP) is 2.36. The number of anilines is 1. The number of thiazole rings is 1. The van der Waals surface area contributed by atoms with Crippen LogP contribution in [0.2, 0.25) is 0 Å². The molecule has 0 bridgehead atoms. The molecular weight excluding hydrogens is 514 g/mol. The van der Waals surface area contributed by atoms with Crippen LogP contribution in [0.3, 0.4) is 0 Å². The molecule has 3 heterocycles. The Kier molecular flexibility index (Phi) is 7.91. The number of aromatic nitrogens is 1. The molecule has 0 radical (unpaired) electrons. The first kappa shape index (κ1) is 26.2. The van der Waals surface area contributed by atoms with Crippen molar-refractivity contribution in [1.29, 1.82) is 0 Å². The number of ether oxygens (including phenoxy) is 1. The monoisotopic (exact) mass is 547 g/mol. The third-order valence-corrected chi connectivity index (χ3v) is 10.1. The zero-order chi connectivity index (χ0) is 26.0. The Bertz CT molecular complexity index is 1230. The van der Waals surface area contributed by atoms with E-state index >= 15 is 0 Å². The Morgan fingerprint density at radius 1 is 1.24 bits per heavy atom. The average molecular weight is 548 g/mol. The Balaban J connectivity index is 1.28. The van der Waals surface area contributed by atoms with Crippen molar-refractivity contribution in [2.75, 3.05) is 45.7 Å². The van der Waals surface area contributed by atoms with Gasteiger partial charge in [-0.05, 0) is 45.5 Å². The predicted molar refractivity (Wildman–Crippen MR) is 142 cm³/mol. The van der Waals surface area contributed by atoms with Gasteiger partial charge in [-0.3, -0.25) is 15.0 Å². The fraction of sp³-hybridized carbons (Fsp3) is 0.560. The van der Waals surface area contributed by atoms with Crippen LogP contribution in [0.25, 0.3) is 0 Å². The summed E-state index contributed by atoms with van der Waals surface area (Å²) in [5.41, 5.74) is 0.530. The number of carbonyl (C=O) groups is 1. The Morgan fingerprint density at radius 3 is 2.68 bits per heavy atom. The largest absolute Gasteiger partial charge is 0.389 e. The number of amides is 1. The standard InChI is InChI=1S/C25H33N5O5S2/c1-29(2)18-9-11-30(14-18)15-20-13-26-25(36-20)27-24(31)23(28-35-19-10-12-34-16-19)17-3-5-21(6-4-17)37(32,33)22-7-8-22/h3-6,13,18-19,22H,7-12,14-16H2,1-2H3,(H,26,27,31)/t18-,19-/m1/s1. The number of rotatable bonds is 10. The third-order valence-electron chi connectivity index (χ3n) is 6.95. The molecular formula is C25H33N5O5S2. The zero-order valence-electron chi connectivity index (χ0n) is 21.1. The molecule has 2 aromatic rings. The first-order valence-electron chi connectivity index (χ1n) is 12.6. The molecule has 0 unspecified atom stereocenters. The summed E-state index contributed by atoms with van der Waals surface area (Å²) < 4.78 is 30.5. The van der Waals surface area contributed by atoms with E-state index in [4.69, 9.17) is 9.57 Å². The number of hydrogen-bond donors (Lipinski definition) is 1. The Hall–Kier alpha value is -2.38. The van der Waals surface area contributed by atoms with E-state index in [0.29, 0.717) is 49.2 Å². The summed E-state index contributed by atoms with van der Waals surface area (Å²) in [6.07, 6.45) is 4.79. The average Bonchev–Trinajstić information content (AvgIpc) is 3.22. The van der Waals surface area contributed by atoms with E-state index in [0.717, 1.165) is 30.9 Å². The highest BCUT2D eigenvalue weighted by atomic mass is 32.2. The zero-order valence-corrected chi connectivity index (χ0v) is 22.8. The topological polar surface area (TPSA) is 113 Å². The van der Waals surface area contributed by atoms with Gasteiger partial charge in [0.2, 0.25) is 0 Å². The highest BCUT2D eigenvalue weighted by Crippen LogP contribution is 2.33. The minimum Gasteiger partial charge on any atom is -0.389 e. The summed E-state index contributed by atoms with van der Waals surface area (Å²) in [4.78, 5) is 29.2. The maximum absolute atomic E-state index is 13.3. The smallest absolute Gasteiger partial charge is 0.280 e. The maximum Gasteiger partial charge on any atom is 0.280 e. The van der Waals surface area contributed by atoms with Gasteiger partial charge in [0.05, 0.1) is 23.4 Å². The minimum atomic E-state index is -3.32. The van der Waals surface area contributed by atoms with E-state index in [1.165, 1.54) is 23.5 Å². The molecule has 3 fully saturated rings. The maximum atomic E-state index is 13.3. The van der Waals surface area contributed by atoms with Crippen molar-refractivity contribution in [3.05, 3.63) is 40.9 Å². The van der Waals surface area contributed by atoms with Gasteiger partial charge >= 0.3 is 0 Å². The summed E-state index contributed by atoms with van der Waals surface area (Å²) in [6.45, 7) is 3.84. The molecule has 0 spiro atoms. The Morgan fingerprint density at radius 2 is 2.03 bits per heavy atom. The lowest BCUT2D eigenvalue weighted by atomic mass is 10.1. The van der Waals surface area contributed by atoms with Crippen molar-refractivity contribution >= 4 is 37.9 Å². The lowest BCUT2D eigenvalue weighted by Gasteiger charge is -2.19. The lowest BCUT2D eigenvalue weighted by molar-refractivity contribution is -0.110. The van der Waals surface area contributed by atoms with E-state index in [9.17, 15) is 13.2 Å². The van der Waals surface area contributed by atoms with Crippen LogP contribution in [0.1, 0.15) is 36.1 Å². The first-order valence-corrected chi connectivity index (χ1v) is 15.0. The molecule has 2 saturated heterocycles. The van der Waals surface area contributed by atoms with Crippen molar-refractivity contribution in [1.82, 2.24) is 14.8 Å². The normalized spacial score (nSPS) is 23.1. The fourth-order valence-electron chi connectivity index (χ4n) is 4.51. The SMILES string of the molecule is CN(C)[C@@H]1CCN(Cc2cnc(NC(=O)C(=NO[C@@H]3CCOC3)c3ccc(S(=O)(=O)C4CC4)cc3)s2)C1. The highest BCUT2D eigenvalue weighted by molar-refractivity contribution is 7.92. The number of oxime groups is 1. The number of nitrogens with zero attached hydrogens (tertiary/aromatic N) is 4.